The van der Waals surface area contributed by atoms with Crippen molar-refractivity contribution >= 4 is 16.4 Å². The summed E-state index contributed by atoms with van der Waals surface area (Å²) in [5.41, 5.74) is 0. The van der Waals surface area contributed by atoms with E-state index in [-0.39, 0.29) is 19.6 Å². The monoisotopic (exact) mass is 1040 g/mol. The fourth-order valence-corrected chi connectivity index (χ4v) is 9.03. The lowest BCUT2D eigenvalue weighted by molar-refractivity contribution is -0.301. The van der Waals surface area contributed by atoms with Gasteiger partial charge in [-0.3, -0.25) is 9.35 Å². The molecule has 0 aromatic rings. The standard InChI is InChI=1S/C59H104O12S/c1-3-5-7-9-11-13-15-17-19-21-23-24-25-26-27-28-29-31-33-35-37-39-41-43-45-47-49-67-51-53(52-68-59-57(63)58(71-72(64,65)66)56(62)54(50-60)70-59)69-55(61)48-46-44-42-40-38-36-34-32-30-22-20-18-16-14-12-10-8-6-4-2/h5,7,11-14,17-20,23-24,53-54,56-60,62-63H,3-4,6,8-10,15-16,21-22,25-52H2,1-2H3,(H,64,65,66)/b7-5-,13-11-,14-12-,19-17-,20-18-,24-23-. The molecular weight excluding hydrogens is 933 g/mol. The van der Waals surface area contributed by atoms with E-state index in [1.807, 2.05) is 0 Å². The summed E-state index contributed by atoms with van der Waals surface area (Å²) in [7, 11) is -5.07. The van der Waals surface area contributed by atoms with Gasteiger partial charge >= 0.3 is 16.4 Å². The van der Waals surface area contributed by atoms with Crippen LogP contribution >= 0.6 is 0 Å². The van der Waals surface area contributed by atoms with E-state index in [9.17, 15) is 33.1 Å². The molecule has 1 rings (SSSR count). The van der Waals surface area contributed by atoms with Gasteiger partial charge in [0, 0.05) is 13.0 Å². The Balaban J connectivity index is 2.29. The molecule has 0 radical (unpaired) electrons. The number of esters is 1. The van der Waals surface area contributed by atoms with E-state index in [1.165, 1.54) is 128 Å². The Hall–Kier alpha value is -2.46. The van der Waals surface area contributed by atoms with Crippen molar-refractivity contribution in [2.24, 2.45) is 0 Å². The molecule has 6 atom stereocenters. The molecule has 418 valence electrons. The van der Waals surface area contributed by atoms with Gasteiger partial charge in [0.1, 0.15) is 30.5 Å². The van der Waals surface area contributed by atoms with Gasteiger partial charge in [-0.15, -0.1) is 0 Å². The Labute approximate surface area is 439 Å². The third kappa shape index (κ3) is 41.8. The Bertz CT molecular complexity index is 1520. The second-order valence-electron chi connectivity index (χ2n) is 19.5. The van der Waals surface area contributed by atoms with Crippen molar-refractivity contribution in [2.75, 3.05) is 26.4 Å². The Morgan fingerprint density at radius 3 is 1.40 bits per heavy atom. The first-order chi connectivity index (χ1) is 35.1. The molecule has 1 heterocycles. The number of unbranched alkanes of at least 4 members (excludes halogenated alkanes) is 25. The van der Waals surface area contributed by atoms with E-state index < -0.39 is 59.8 Å². The summed E-state index contributed by atoms with van der Waals surface area (Å²) >= 11 is 0. The molecule has 0 bridgehead atoms. The van der Waals surface area contributed by atoms with Crippen LogP contribution in [0.3, 0.4) is 0 Å². The Morgan fingerprint density at radius 1 is 0.542 bits per heavy atom. The zero-order valence-electron chi connectivity index (χ0n) is 45.2. The summed E-state index contributed by atoms with van der Waals surface area (Å²) < 4.78 is 59.4. The highest BCUT2D eigenvalue weighted by Crippen LogP contribution is 2.26. The lowest BCUT2D eigenvalue weighted by Gasteiger charge is -2.41. The molecule has 6 unspecified atom stereocenters. The topological polar surface area (TPSA) is 178 Å². The number of aliphatic hydroxyl groups excluding tert-OH is 3. The third-order valence-corrected chi connectivity index (χ3v) is 13.3. The van der Waals surface area contributed by atoms with E-state index in [4.69, 9.17) is 18.9 Å². The molecule has 0 amide bonds. The highest BCUT2D eigenvalue weighted by molar-refractivity contribution is 7.80. The van der Waals surface area contributed by atoms with Crippen molar-refractivity contribution in [3.8, 4) is 0 Å². The molecule has 0 aromatic carbocycles. The second-order valence-corrected chi connectivity index (χ2v) is 20.5. The van der Waals surface area contributed by atoms with Crippen molar-refractivity contribution in [3.63, 3.8) is 0 Å². The van der Waals surface area contributed by atoms with Crippen LogP contribution in [0, 0.1) is 0 Å². The van der Waals surface area contributed by atoms with Crippen LogP contribution in [0.1, 0.15) is 232 Å². The summed E-state index contributed by atoms with van der Waals surface area (Å²) in [4.78, 5) is 13.0. The summed E-state index contributed by atoms with van der Waals surface area (Å²) in [5.74, 6) is -0.404. The summed E-state index contributed by atoms with van der Waals surface area (Å²) in [6, 6.07) is 0. The number of allylic oxidation sites excluding steroid dienone is 12. The van der Waals surface area contributed by atoms with Gasteiger partial charge in [0.2, 0.25) is 0 Å². The molecule has 1 fully saturated rings. The van der Waals surface area contributed by atoms with Crippen LogP contribution in [-0.2, 0) is 38.3 Å². The Morgan fingerprint density at radius 2 is 0.958 bits per heavy atom. The molecule has 13 heteroatoms. The number of rotatable bonds is 50. The average molecular weight is 1040 g/mol. The van der Waals surface area contributed by atoms with E-state index in [2.05, 4.69) is 90.9 Å². The largest absolute Gasteiger partial charge is 0.457 e. The molecule has 0 spiro atoms. The average Bonchev–Trinajstić information content (AvgIpc) is 3.36. The zero-order valence-corrected chi connectivity index (χ0v) is 46.0. The number of carbonyl (C=O) groups excluding carboxylic acids is 1. The van der Waals surface area contributed by atoms with Crippen LogP contribution < -0.4 is 0 Å². The van der Waals surface area contributed by atoms with Crippen molar-refractivity contribution in [3.05, 3.63) is 72.9 Å². The van der Waals surface area contributed by atoms with Crippen molar-refractivity contribution in [2.45, 2.75) is 269 Å². The van der Waals surface area contributed by atoms with Crippen LogP contribution in [-0.4, -0.2) is 97.5 Å². The molecule has 0 aromatic heterocycles. The molecule has 0 saturated carbocycles. The smallest absolute Gasteiger partial charge is 0.397 e. The minimum absolute atomic E-state index is 0.0314. The van der Waals surface area contributed by atoms with Gasteiger partial charge in [0.05, 0.1) is 19.8 Å². The van der Waals surface area contributed by atoms with Crippen LogP contribution in [0.5, 0.6) is 0 Å². The molecule has 1 aliphatic heterocycles. The van der Waals surface area contributed by atoms with Gasteiger partial charge in [0.25, 0.3) is 0 Å². The lowest BCUT2D eigenvalue weighted by Crippen LogP contribution is -2.60. The molecule has 4 N–H and O–H groups in total. The van der Waals surface area contributed by atoms with Crippen molar-refractivity contribution < 1.29 is 56.2 Å². The molecule has 1 aliphatic rings. The quantitative estimate of drug-likeness (QED) is 0.0196. The Kier molecular flexibility index (Phi) is 46.4. The van der Waals surface area contributed by atoms with E-state index in [0.717, 1.165) is 77.0 Å². The molecular formula is C59H104O12S. The molecule has 1 saturated heterocycles. The van der Waals surface area contributed by atoms with Gasteiger partial charge < -0.3 is 34.3 Å². The van der Waals surface area contributed by atoms with Crippen LogP contribution in [0.4, 0.5) is 0 Å². The summed E-state index contributed by atoms with van der Waals surface area (Å²) in [6.07, 6.45) is 56.5. The van der Waals surface area contributed by atoms with E-state index in [1.54, 1.807) is 0 Å². The van der Waals surface area contributed by atoms with Gasteiger partial charge in [-0.05, 0) is 83.5 Å². The van der Waals surface area contributed by atoms with Crippen LogP contribution in [0.2, 0.25) is 0 Å². The first-order valence-corrected chi connectivity index (χ1v) is 30.1. The first-order valence-electron chi connectivity index (χ1n) is 28.7. The number of hydrogen-bond donors (Lipinski definition) is 4. The van der Waals surface area contributed by atoms with Crippen LogP contribution in [0.15, 0.2) is 72.9 Å². The second kappa shape index (κ2) is 49.4. The third-order valence-electron chi connectivity index (χ3n) is 12.8. The minimum Gasteiger partial charge on any atom is -0.457 e. The van der Waals surface area contributed by atoms with E-state index in [0.29, 0.717) is 13.0 Å². The molecule has 72 heavy (non-hydrogen) atoms. The highest BCUT2D eigenvalue weighted by atomic mass is 32.3. The number of hydrogen-bond acceptors (Lipinski definition) is 11. The maximum atomic E-state index is 13.0. The summed E-state index contributed by atoms with van der Waals surface area (Å²) in [6.45, 7) is 3.87. The highest BCUT2D eigenvalue weighted by Gasteiger charge is 2.48. The fraction of sp³-hybridized carbons (Fsp3) is 0.780. The normalized spacial score (nSPS) is 19.4. The van der Waals surface area contributed by atoms with Gasteiger partial charge in [0.15, 0.2) is 6.29 Å². The number of aliphatic hydroxyl groups is 3. The number of carbonyl (C=O) groups is 1. The predicted molar refractivity (Wildman–Crippen MR) is 294 cm³/mol. The van der Waals surface area contributed by atoms with Gasteiger partial charge in [-0.25, -0.2) is 4.18 Å². The van der Waals surface area contributed by atoms with Gasteiger partial charge in [-0.2, -0.15) is 8.42 Å². The number of ether oxygens (including phenoxy) is 4. The first kappa shape index (κ1) is 67.6. The van der Waals surface area contributed by atoms with Gasteiger partial charge in [-0.1, -0.05) is 215 Å². The van der Waals surface area contributed by atoms with E-state index >= 15 is 0 Å². The molecule has 0 aliphatic carbocycles. The minimum atomic E-state index is -5.07. The van der Waals surface area contributed by atoms with Crippen LogP contribution in [0.25, 0.3) is 0 Å². The summed E-state index contributed by atoms with van der Waals surface area (Å²) in [5, 5.41) is 30.8. The fourth-order valence-electron chi connectivity index (χ4n) is 8.52. The maximum absolute atomic E-state index is 13.0. The van der Waals surface area contributed by atoms with Crippen molar-refractivity contribution in [1.82, 2.24) is 0 Å². The lowest BCUT2D eigenvalue weighted by atomic mass is 9.99. The zero-order chi connectivity index (χ0) is 52.4. The maximum Gasteiger partial charge on any atom is 0.397 e. The SMILES string of the molecule is CC/C=C\C/C=C\C/C=C\C/C=C\CCCCCCCCCCCCCCCOCC(COC1OC(CO)C(O)C(OS(=O)(=O)O)C1O)OC(=O)CCCCCCCCCCC/C=C\C/C=C\CCCCC. The van der Waals surface area contributed by atoms with Crippen molar-refractivity contribution in [1.29, 1.82) is 0 Å². The predicted octanol–water partition coefficient (Wildman–Crippen LogP) is 14.2. The molecule has 12 nitrogen and oxygen atoms in total.